The Hall–Kier alpha value is -8.00. The molecule has 26 heteroatoms. The number of rotatable bonds is 18. The van der Waals surface area contributed by atoms with E-state index in [2.05, 4.69) is 0 Å². The predicted molar refractivity (Wildman–Crippen MR) is 251 cm³/mol. The van der Waals surface area contributed by atoms with Crippen LogP contribution < -0.4 is 51.4 Å². The molecular formula is C48H48F6N8O12. The Kier molecular flexibility index (Phi) is 16.1. The summed E-state index contributed by atoms with van der Waals surface area (Å²) in [6, 6.07) is 18.6. The number of furan rings is 2. The maximum Gasteiger partial charge on any atom is 0.444 e. The van der Waals surface area contributed by atoms with Crippen molar-refractivity contribution in [1.82, 2.24) is 28.4 Å². The van der Waals surface area contributed by atoms with Gasteiger partial charge in [0.25, 0.3) is 11.1 Å². The molecule has 0 radical (unpaired) electrons. The first-order valence-corrected chi connectivity index (χ1v) is 23.2. The average molecular weight is 1040 g/mol. The summed E-state index contributed by atoms with van der Waals surface area (Å²) in [5, 5.41) is 0. The second-order valence-electron chi connectivity index (χ2n) is 17.0. The van der Waals surface area contributed by atoms with Gasteiger partial charge in [0.2, 0.25) is 0 Å². The number of hydrogen-bond acceptors (Lipinski definition) is 16. The molecule has 0 atom stereocenters. The fraction of sp³-hybridized carbons (Fsp3) is 0.375. The third-order valence-corrected chi connectivity index (χ3v) is 12.0. The number of halogens is 6. The van der Waals surface area contributed by atoms with Gasteiger partial charge in [0.05, 0.1) is 36.3 Å². The van der Waals surface area contributed by atoms with Crippen LogP contribution in [0, 0.1) is 0 Å². The number of piperazine rings is 2. The first-order chi connectivity index (χ1) is 35.4. The molecule has 0 N–H and O–H groups in total. The minimum Gasteiger partial charge on any atom is -0.482 e. The molecule has 2 fully saturated rings. The van der Waals surface area contributed by atoms with E-state index in [1.807, 2.05) is 19.6 Å². The van der Waals surface area contributed by atoms with Gasteiger partial charge in [-0.1, -0.05) is 24.3 Å². The predicted octanol–water partition coefficient (Wildman–Crippen LogP) is 3.77. The number of anilines is 2. The van der Waals surface area contributed by atoms with Gasteiger partial charge in [-0.3, -0.25) is 28.5 Å². The molecule has 6 heterocycles. The molecule has 0 bridgehead atoms. The molecule has 394 valence electrons. The summed E-state index contributed by atoms with van der Waals surface area (Å²) in [4.78, 5) is 99.7. The zero-order chi connectivity index (χ0) is 52.6. The van der Waals surface area contributed by atoms with Gasteiger partial charge in [0.15, 0.2) is 13.2 Å². The third-order valence-electron chi connectivity index (χ3n) is 12.0. The SMILES string of the molecule is O=C(On1cc(-c2ccco2)c(=O)n(CCCN2CCN(c3ccccc3OCC(F)(F)F)CC2)c1=O)C(=O)On1cc(-c2ccco2)c(=O)n(CCCN2CCN(c3ccccc3OCC(F)(F)F)CC2)c1=O. The number of hydrogen-bond donors (Lipinski definition) is 0. The Balaban J connectivity index is 0.910. The fourth-order valence-corrected chi connectivity index (χ4v) is 8.47. The van der Waals surface area contributed by atoms with Gasteiger partial charge < -0.3 is 37.8 Å². The lowest BCUT2D eigenvalue weighted by Gasteiger charge is -2.36. The van der Waals surface area contributed by atoms with Crippen molar-refractivity contribution < 1.29 is 63.9 Å². The van der Waals surface area contributed by atoms with Crippen LogP contribution in [0.2, 0.25) is 0 Å². The van der Waals surface area contributed by atoms with Crippen LogP contribution in [-0.2, 0) is 22.7 Å². The van der Waals surface area contributed by atoms with Gasteiger partial charge in [-0.2, -0.15) is 26.3 Å². The van der Waals surface area contributed by atoms with E-state index in [9.17, 15) is 55.1 Å². The lowest BCUT2D eigenvalue weighted by molar-refractivity contribution is -0.169. The summed E-state index contributed by atoms with van der Waals surface area (Å²) in [7, 11) is 0. The highest BCUT2D eigenvalue weighted by atomic mass is 19.4. The highest BCUT2D eigenvalue weighted by Gasteiger charge is 2.32. The van der Waals surface area contributed by atoms with Crippen molar-refractivity contribution in [2.75, 3.05) is 88.5 Å². The van der Waals surface area contributed by atoms with Gasteiger partial charge in [0, 0.05) is 65.4 Å². The van der Waals surface area contributed by atoms with E-state index < -0.39 is 60.0 Å². The van der Waals surface area contributed by atoms with Crippen molar-refractivity contribution in [2.45, 2.75) is 38.3 Å². The molecule has 2 aromatic carbocycles. The summed E-state index contributed by atoms with van der Waals surface area (Å²) in [5.74, 6) is -3.43. The van der Waals surface area contributed by atoms with Crippen molar-refractivity contribution in [3.63, 3.8) is 0 Å². The first-order valence-electron chi connectivity index (χ1n) is 23.2. The van der Waals surface area contributed by atoms with Gasteiger partial charge in [-0.15, -0.1) is 9.46 Å². The molecule has 2 saturated heterocycles. The van der Waals surface area contributed by atoms with E-state index in [0.717, 1.165) is 21.5 Å². The monoisotopic (exact) mass is 1040 g/mol. The van der Waals surface area contributed by atoms with Crippen LogP contribution in [0.5, 0.6) is 11.5 Å². The highest BCUT2D eigenvalue weighted by molar-refractivity contribution is 6.30. The molecule has 20 nitrogen and oxygen atoms in total. The summed E-state index contributed by atoms with van der Waals surface area (Å²) >= 11 is 0. The van der Waals surface area contributed by atoms with Crippen LogP contribution in [-0.4, -0.2) is 131 Å². The molecule has 8 rings (SSSR count). The van der Waals surface area contributed by atoms with E-state index in [1.54, 1.807) is 36.4 Å². The molecule has 0 spiro atoms. The molecule has 4 aromatic heterocycles. The summed E-state index contributed by atoms with van der Waals surface area (Å²) in [6.07, 6.45) is -4.32. The quantitative estimate of drug-likeness (QED) is 0.0890. The zero-order valence-electron chi connectivity index (χ0n) is 39.3. The smallest absolute Gasteiger partial charge is 0.444 e. The Bertz CT molecular complexity index is 2930. The molecule has 2 aliphatic rings. The maximum atomic E-state index is 13.7. The molecular weight excluding hydrogens is 995 g/mol. The standard InChI is InChI=1S/C48H48F6N8O12/c49-47(50,51)31-71-39-11-3-1-9-35(39)57-23-19-55(20-24-57)15-7-17-59-41(63)33(37-13-5-27-69-37)29-61(45(59)67)73-43(65)44(66)74-62-30-34(38-14-6-28-70-38)42(64)60(46(62)68)18-8-16-56-21-25-58(26-22-56)36-10-2-4-12-40(36)72-32-48(52,53)54/h1-6,9-14,27-30H,7-8,15-26,31-32H2. The lowest BCUT2D eigenvalue weighted by Crippen LogP contribution is -2.49. The number of benzene rings is 2. The first kappa shape index (κ1) is 52.3. The third kappa shape index (κ3) is 13.0. The van der Waals surface area contributed by atoms with E-state index in [0.29, 0.717) is 86.3 Å². The highest BCUT2D eigenvalue weighted by Crippen LogP contribution is 2.32. The Labute approximate surface area is 415 Å². The second-order valence-corrected chi connectivity index (χ2v) is 17.0. The molecule has 0 aliphatic carbocycles. The fourth-order valence-electron chi connectivity index (χ4n) is 8.47. The van der Waals surface area contributed by atoms with E-state index in [4.69, 9.17) is 28.0 Å². The lowest BCUT2D eigenvalue weighted by atomic mass is 10.2. The van der Waals surface area contributed by atoms with Crippen LogP contribution >= 0.6 is 0 Å². The van der Waals surface area contributed by atoms with Crippen molar-refractivity contribution >= 4 is 23.3 Å². The Morgan fingerprint density at radius 2 is 0.878 bits per heavy atom. The van der Waals surface area contributed by atoms with Gasteiger partial charge in [-0.05, 0) is 74.5 Å². The topological polar surface area (TPSA) is 198 Å². The molecule has 0 saturated carbocycles. The number of carbonyl (C=O) groups is 2. The van der Waals surface area contributed by atoms with Crippen LogP contribution in [0.1, 0.15) is 12.8 Å². The average Bonchev–Trinajstić information content (AvgIpc) is 4.13. The van der Waals surface area contributed by atoms with Gasteiger partial charge >= 0.3 is 35.7 Å². The number of nitrogens with zero attached hydrogens (tertiary/aromatic N) is 8. The van der Waals surface area contributed by atoms with Crippen molar-refractivity contribution in [1.29, 1.82) is 0 Å². The number of aromatic nitrogens is 4. The van der Waals surface area contributed by atoms with Crippen LogP contribution in [0.15, 0.2) is 126 Å². The summed E-state index contributed by atoms with van der Waals surface area (Å²) in [5.41, 5.74) is -3.34. The van der Waals surface area contributed by atoms with Crippen molar-refractivity contribution in [3.8, 4) is 34.1 Å². The molecule has 0 amide bonds. The molecule has 74 heavy (non-hydrogen) atoms. The number of para-hydroxylation sites is 4. The minimum absolute atomic E-state index is 0.00698. The van der Waals surface area contributed by atoms with E-state index in [1.165, 1.54) is 48.9 Å². The largest absolute Gasteiger partial charge is 0.482 e. The minimum atomic E-state index is -4.51. The summed E-state index contributed by atoms with van der Waals surface area (Å²) < 4.78 is 100. The molecule has 6 aromatic rings. The van der Waals surface area contributed by atoms with Gasteiger partial charge in [0.1, 0.15) is 34.1 Å². The number of alkyl halides is 6. The Morgan fingerprint density at radius 1 is 0.500 bits per heavy atom. The van der Waals surface area contributed by atoms with E-state index in [-0.39, 0.29) is 60.1 Å². The summed E-state index contributed by atoms with van der Waals surface area (Å²) in [6.45, 7) is 1.18. The zero-order valence-corrected chi connectivity index (χ0v) is 39.3. The molecule has 2 aliphatic heterocycles. The van der Waals surface area contributed by atoms with Gasteiger partial charge in [-0.25, -0.2) is 19.2 Å². The van der Waals surface area contributed by atoms with Crippen LogP contribution in [0.25, 0.3) is 22.6 Å². The normalized spacial score (nSPS) is 14.8. The van der Waals surface area contributed by atoms with Crippen LogP contribution in [0.3, 0.4) is 0 Å². The number of carbonyl (C=O) groups excluding carboxylic acids is 2. The maximum absolute atomic E-state index is 13.7. The van der Waals surface area contributed by atoms with E-state index >= 15 is 0 Å². The molecule has 0 unspecified atom stereocenters. The Morgan fingerprint density at radius 3 is 1.23 bits per heavy atom. The van der Waals surface area contributed by atoms with Crippen molar-refractivity contribution in [2.24, 2.45) is 0 Å². The van der Waals surface area contributed by atoms with Crippen molar-refractivity contribution in [3.05, 3.63) is 139 Å². The second kappa shape index (κ2) is 22.8. The number of ether oxygens (including phenoxy) is 2. The van der Waals surface area contributed by atoms with Crippen LogP contribution in [0.4, 0.5) is 37.7 Å².